The maximum absolute atomic E-state index is 14.0. The van der Waals surface area contributed by atoms with Gasteiger partial charge in [-0.3, -0.25) is 4.79 Å². The summed E-state index contributed by atoms with van der Waals surface area (Å²) in [6.07, 6.45) is 0. The monoisotopic (exact) mass is 293 g/mol. The van der Waals surface area contributed by atoms with Crippen LogP contribution in [0.1, 0.15) is 18.2 Å². The topological polar surface area (TPSA) is 57.8 Å². The van der Waals surface area contributed by atoms with Gasteiger partial charge in [-0.2, -0.15) is 0 Å². The predicted octanol–water partition coefficient (Wildman–Crippen LogP) is 2.48. The smallest absolute Gasteiger partial charge is 0.251 e. The molecule has 0 fully saturated rings. The van der Waals surface area contributed by atoms with E-state index in [1.54, 1.807) is 13.0 Å². The van der Waals surface area contributed by atoms with Gasteiger partial charge in [-0.1, -0.05) is 19.1 Å². The minimum atomic E-state index is -0.311. The molecular formula is C14H16FN3OS. The zero-order chi connectivity index (χ0) is 14.5. The molecule has 0 saturated carbocycles. The van der Waals surface area contributed by atoms with E-state index in [2.05, 4.69) is 15.3 Å². The van der Waals surface area contributed by atoms with Crippen molar-refractivity contribution in [3.05, 3.63) is 51.7 Å². The third kappa shape index (κ3) is 3.68. The Morgan fingerprint density at radius 2 is 2.25 bits per heavy atom. The van der Waals surface area contributed by atoms with Gasteiger partial charge in [-0.15, -0.1) is 0 Å². The average Bonchev–Trinajstić information content (AvgIpc) is 2.38. The number of H-pyrrole nitrogens is 1. The summed E-state index contributed by atoms with van der Waals surface area (Å²) in [5.74, 6) is -0.311. The van der Waals surface area contributed by atoms with E-state index in [9.17, 15) is 9.18 Å². The highest BCUT2D eigenvalue weighted by atomic mass is 32.2. The lowest BCUT2D eigenvalue weighted by molar-refractivity contribution is 0.591. The number of hydrogen-bond donors (Lipinski definition) is 2. The highest BCUT2D eigenvalue weighted by molar-refractivity contribution is 7.99. The fourth-order valence-electron chi connectivity index (χ4n) is 1.76. The van der Waals surface area contributed by atoms with E-state index in [0.29, 0.717) is 22.3 Å². The van der Waals surface area contributed by atoms with Crippen LogP contribution < -0.4 is 10.9 Å². The third-order valence-electron chi connectivity index (χ3n) is 2.66. The van der Waals surface area contributed by atoms with Gasteiger partial charge < -0.3 is 10.3 Å². The van der Waals surface area contributed by atoms with Crippen LogP contribution in [0.3, 0.4) is 0 Å². The highest BCUT2D eigenvalue weighted by Crippen LogP contribution is 2.30. The molecule has 106 valence electrons. The van der Waals surface area contributed by atoms with Gasteiger partial charge in [0, 0.05) is 18.3 Å². The van der Waals surface area contributed by atoms with Crippen molar-refractivity contribution in [2.75, 3.05) is 6.54 Å². The fraction of sp³-hybridized carbons (Fsp3) is 0.286. The first kappa shape index (κ1) is 14.7. The standard InChI is InChI=1S/C14H16FN3OS/c1-3-16-8-10-5-4-6-11(15)13(10)20-14-17-9(2)7-12(19)18-14/h4-7,16H,3,8H2,1-2H3,(H,17,18,19). The van der Waals surface area contributed by atoms with E-state index in [-0.39, 0.29) is 11.4 Å². The normalized spacial score (nSPS) is 10.8. The van der Waals surface area contributed by atoms with Gasteiger partial charge in [0.1, 0.15) is 5.82 Å². The van der Waals surface area contributed by atoms with E-state index in [0.717, 1.165) is 23.9 Å². The van der Waals surface area contributed by atoms with Gasteiger partial charge in [0.15, 0.2) is 5.16 Å². The largest absolute Gasteiger partial charge is 0.313 e. The van der Waals surface area contributed by atoms with Gasteiger partial charge in [-0.25, -0.2) is 9.37 Å². The molecule has 0 aliphatic carbocycles. The Labute approximate surface area is 120 Å². The molecule has 4 nitrogen and oxygen atoms in total. The van der Waals surface area contributed by atoms with Crippen molar-refractivity contribution in [2.24, 2.45) is 0 Å². The maximum atomic E-state index is 14.0. The number of nitrogens with one attached hydrogen (secondary N) is 2. The molecule has 2 rings (SSSR count). The molecule has 0 atom stereocenters. The number of halogens is 1. The highest BCUT2D eigenvalue weighted by Gasteiger charge is 2.11. The lowest BCUT2D eigenvalue weighted by atomic mass is 10.2. The number of rotatable bonds is 5. The molecule has 0 aliphatic rings. The first-order valence-corrected chi connectivity index (χ1v) is 7.15. The van der Waals surface area contributed by atoms with Crippen molar-refractivity contribution >= 4 is 11.8 Å². The molecule has 0 bridgehead atoms. The summed E-state index contributed by atoms with van der Waals surface area (Å²) in [6, 6.07) is 6.36. The quantitative estimate of drug-likeness (QED) is 0.832. The number of hydrogen-bond acceptors (Lipinski definition) is 4. The molecule has 0 amide bonds. The second-order valence-corrected chi connectivity index (χ2v) is 5.30. The Balaban J connectivity index is 2.34. The zero-order valence-electron chi connectivity index (χ0n) is 11.4. The molecule has 0 aliphatic heterocycles. The van der Waals surface area contributed by atoms with Crippen LogP contribution in [-0.4, -0.2) is 16.5 Å². The zero-order valence-corrected chi connectivity index (χ0v) is 12.2. The van der Waals surface area contributed by atoms with Crippen LogP contribution in [0.15, 0.2) is 39.1 Å². The Morgan fingerprint density at radius 1 is 1.45 bits per heavy atom. The van der Waals surface area contributed by atoms with Crippen molar-refractivity contribution in [3.63, 3.8) is 0 Å². The molecule has 1 aromatic heterocycles. The lowest BCUT2D eigenvalue weighted by Gasteiger charge is -2.10. The first-order valence-electron chi connectivity index (χ1n) is 6.34. The molecule has 0 spiro atoms. The van der Waals surface area contributed by atoms with Crippen LogP contribution in [0.25, 0.3) is 0 Å². The summed E-state index contributed by atoms with van der Waals surface area (Å²) in [5, 5.41) is 3.57. The SMILES string of the molecule is CCNCc1cccc(F)c1Sc1nc(C)cc(=O)[nH]1. The average molecular weight is 293 g/mol. The second kappa shape index (κ2) is 6.67. The van der Waals surface area contributed by atoms with Gasteiger partial charge in [-0.05, 0) is 36.9 Å². The Kier molecular flexibility index (Phi) is 4.92. The van der Waals surface area contributed by atoms with Crippen molar-refractivity contribution < 1.29 is 4.39 Å². The molecule has 1 heterocycles. The van der Waals surface area contributed by atoms with Crippen molar-refractivity contribution in [1.29, 1.82) is 0 Å². The van der Waals surface area contributed by atoms with Crippen molar-refractivity contribution in [2.45, 2.75) is 30.4 Å². The Hall–Kier alpha value is -1.66. The van der Waals surface area contributed by atoms with Crippen LogP contribution in [-0.2, 0) is 6.54 Å². The minimum Gasteiger partial charge on any atom is -0.313 e. The maximum Gasteiger partial charge on any atom is 0.251 e. The first-order chi connectivity index (χ1) is 9.60. The van der Waals surface area contributed by atoms with E-state index in [1.165, 1.54) is 12.1 Å². The summed E-state index contributed by atoms with van der Waals surface area (Å²) in [4.78, 5) is 18.7. The van der Waals surface area contributed by atoms with Crippen LogP contribution in [0.5, 0.6) is 0 Å². The van der Waals surface area contributed by atoms with Crippen LogP contribution in [0, 0.1) is 12.7 Å². The summed E-state index contributed by atoms with van der Waals surface area (Å²) in [6.45, 7) is 5.11. The molecule has 1 aromatic carbocycles. The van der Waals surface area contributed by atoms with Crippen LogP contribution >= 0.6 is 11.8 Å². The van der Waals surface area contributed by atoms with E-state index in [1.807, 2.05) is 13.0 Å². The van der Waals surface area contributed by atoms with Crippen molar-refractivity contribution in [3.8, 4) is 0 Å². The number of benzene rings is 1. The minimum absolute atomic E-state index is 0.232. The molecule has 0 unspecified atom stereocenters. The molecular weight excluding hydrogens is 277 g/mol. The number of nitrogens with zero attached hydrogens (tertiary/aromatic N) is 1. The van der Waals surface area contributed by atoms with Crippen LogP contribution in [0.4, 0.5) is 4.39 Å². The van der Waals surface area contributed by atoms with Gasteiger partial charge >= 0.3 is 0 Å². The fourth-order valence-corrected chi connectivity index (χ4v) is 2.73. The van der Waals surface area contributed by atoms with E-state index in [4.69, 9.17) is 0 Å². The summed E-state index contributed by atoms with van der Waals surface area (Å²) < 4.78 is 14.0. The number of aryl methyl sites for hydroxylation is 1. The number of aromatic amines is 1. The second-order valence-electron chi connectivity index (χ2n) is 4.30. The molecule has 2 aromatic rings. The lowest BCUT2D eigenvalue weighted by Crippen LogP contribution is -2.13. The Bertz CT molecular complexity index is 657. The molecule has 2 N–H and O–H groups in total. The van der Waals surface area contributed by atoms with Crippen LogP contribution in [0.2, 0.25) is 0 Å². The van der Waals surface area contributed by atoms with E-state index >= 15 is 0 Å². The van der Waals surface area contributed by atoms with Gasteiger partial charge in [0.25, 0.3) is 5.56 Å². The summed E-state index contributed by atoms with van der Waals surface area (Å²) in [7, 11) is 0. The number of aromatic nitrogens is 2. The molecule has 0 saturated heterocycles. The van der Waals surface area contributed by atoms with Crippen molar-refractivity contribution in [1.82, 2.24) is 15.3 Å². The molecule has 20 heavy (non-hydrogen) atoms. The van der Waals surface area contributed by atoms with E-state index < -0.39 is 0 Å². The Morgan fingerprint density at radius 3 is 2.95 bits per heavy atom. The molecule has 0 radical (unpaired) electrons. The van der Waals surface area contributed by atoms with Gasteiger partial charge in [0.2, 0.25) is 0 Å². The molecule has 6 heteroatoms. The third-order valence-corrected chi connectivity index (χ3v) is 3.71. The summed E-state index contributed by atoms with van der Waals surface area (Å²) >= 11 is 1.14. The van der Waals surface area contributed by atoms with Gasteiger partial charge in [0.05, 0.1) is 4.90 Å². The predicted molar refractivity (Wildman–Crippen MR) is 77.5 cm³/mol. The summed E-state index contributed by atoms with van der Waals surface area (Å²) in [5.41, 5.74) is 1.23.